The summed E-state index contributed by atoms with van der Waals surface area (Å²) in [5.74, 6) is -2.05. The van der Waals surface area contributed by atoms with Crippen molar-refractivity contribution in [2.24, 2.45) is 0 Å². The van der Waals surface area contributed by atoms with Gasteiger partial charge in [-0.25, -0.2) is 9.18 Å². The maximum absolute atomic E-state index is 12.8. The molecule has 1 aromatic carbocycles. The van der Waals surface area contributed by atoms with Gasteiger partial charge in [0.05, 0.1) is 6.61 Å². The summed E-state index contributed by atoms with van der Waals surface area (Å²) in [6, 6.07) is 4.10. The average molecular weight is 350 g/mol. The van der Waals surface area contributed by atoms with Crippen molar-refractivity contribution in [1.29, 1.82) is 0 Å². The van der Waals surface area contributed by atoms with Crippen LogP contribution in [0, 0.1) is 5.82 Å². The van der Waals surface area contributed by atoms with E-state index in [4.69, 9.17) is 0 Å². The lowest BCUT2D eigenvalue weighted by molar-refractivity contribution is -0.124. The molecule has 0 fully saturated rings. The highest BCUT2D eigenvalue weighted by Crippen LogP contribution is 2.02. The molecule has 10 heteroatoms. The van der Waals surface area contributed by atoms with E-state index in [0.717, 1.165) is 6.20 Å². The summed E-state index contributed by atoms with van der Waals surface area (Å²) in [7, 11) is 0. The Kier molecular flexibility index (Phi) is 5.79. The van der Waals surface area contributed by atoms with Gasteiger partial charge in [0, 0.05) is 12.7 Å². The molecule has 2 rings (SSSR count). The minimum atomic E-state index is -1.31. The molecule has 1 aromatic heterocycles. The number of aromatic amines is 2. The Labute approximate surface area is 139 Å². The van der Waals surface area contributed by atoms with Gasteiger partial charge in [-0.15, -0.1) is 0 Å². The number of H-pyrrole nitrogens is 2. The Morgan fingerprint density at radius 2 is 1.88 bits per heavy atom. The quantitative estimate of drug-likeness (QED) is 0.436. The summed E-state index contributed by atoms with van der Waals surface area (Å²) in [5.41, 5.74) is -1.50. The van der Waals surface area contributed by atoms with E-state index in [1.807, 2.05) is 4.98 Å². The fourth-order valence-electron chi connectivity index (χ4n) is 1.92. The molecule has 0 saturated heterocycles. The Balaban J connectivity index is 1.99. The molecule has 0 spiro atoms. The summed E-state index contributed by atoms with van der Waals surface area (Å²) in [6.07, 6.45) is 0.904. The minimum absolute atomic E-state index is 0.0602. The summed E-state index contributed by atoms with van der Waals surface area (Å²) in [5, 5.41) is 13.9. The van der Waals surface area contributed by atoms with Crippen LogP contribution in [0.1, 0.15) is 15.9 Å². The van der Waals surface area contributed by atoms with Crippen molar-refractivity contribution in [2.75, 3.05) is 6.61 Å². The Bertz CT molecular complexity index is 874. The second kappa shape index (κ2) is 8.02. The lowest BCUT2D eigenvalue weighted by Crippen LogP contribution is -2.49. The molecule has 132 valence electrons. The number of hydrogen-bond acceptors (Lipinski definition) is 5. The van der Waals surface area contributed by atoms with E-state index in [2.05, 4.69) is 15.6 Å². The van der Waals surface area contributed by atoms with Gasteiger partial charge in [0.1, 0.15) is 17.4 Å². The van der Waals surface area contributed by atoms with Crippen LogP contribution in [0.4, 0.5) is 4.39 Å². The van der Waals surface area contributed by atoms with Gasteiger partial charge in [0.15, 0.2) is 0 Å². The number of carbonyl (C=O) groups is 2. The minimum Gasteiger partial charge on any atom is -0.394 e. The number of nitrogens with one attached hydrogen (secondary N) is 4. The first kappa shape index (κ1) is 18.1. The second-order valence-electron chi connectivity index (χ2n) is 5.04. The topological polar surface area (TPSA) is 144 Å². The standard InChI is InChI=1S/C15H15FN4O5/c16-9-3-1-8(2-4-9)5-17-14(24)11(7-21)19-12(22)10-6-18-15(25)20-13(10)23/h1-4,6,11,21H,5,7H2,(H,17,24)(H,19,22)(H2,18,20,23,25). The SMILES string of the molecule is O=C(NC(CO)C(=O)NCc1ccc(F)cc1)c1c[nH]c(=O)[nH]c1=O. The van der Waals surface area contributed by atoms with Crippen LogP contribution in [0.5, 0.6) is 0 Å². The number of amides is 2. The summed E-state index contributed by atoms with van der Waals surface area (Å²) < 4.78 is 12.8. The molecule has 0 aliphatic rings. The van der Waals surface area contributed by atoms with E-state index in [1.165, 1.54) is 24.3 Å². The number of aromatic nitrogens is 2. The van der Waals surface area contributed by atoms with E-state index >= 15 is 0 Å². The second-order valence-corrected chi connectivity index (χ2v) is 5.04. The molecule has 1 heterocycles. The molecule has 9 nitrogen and oxygen atoms in total. The fraction of sp³-hybridized carbons (Fsp3) is 0.200. The number of rotatable bonds is 6. The van der Waals surface area contributed by atoms with Gasteiger partial charge in [0.25, 0.3) is 11.5 Å². The van der Waals surface area contributed by atoms with Crippen molar-refractivity contribution in [3.8, 4) is 0 Å². The van der Waals surface area contributed by atoms with Crippen molar-refractivity contribution in [3.63, 3.8) is 0 Å². The van der Waals surface area contributed by atoms with Crippen LogP contribution in [0.2, 0.25) is 0 Å². The van der Waals surface area contributed by atoms with Gasteiger partial charge < -0.3 is 20.7 Å². The molecule has 1 unspecified atom stereocenters. The maximum atomic E-state index is 12.8. The predicted octanol–water partition coefficient (Wildman–Crippen LogP) is -1.39. The number of carbonyl (C=O) groups excluding carboxylic acids is 2. The highest BCUT2D eigenvalue weighted by molar-refractivity contribution is 5.97. The Hall–Kier alpha value is -3.27. The van der Waals surface area contributed by atoms with E-state index in [0.29, 0.717) is 5.56 Å². The highest BCUT2D eigenvalue weighted by atomic mass is 19.1. The van der Waals surface area contributed by atoms with Crippen LogP contribution < -0.4 is 21.9 Å². The number of aliphatic hydroxyl groups is 1. The molecule has 0 bridgehead atoms. The first-order chi connectivity index (χ1) is 11.9. The van der Waals surface area contributed by atoms with Crippen LogP contribution in [0.25, 0.3) is 0 Å². The fourth-order valence-corrected chi connectivity index (χ4v) is 1.92. The molecule has 25 heavy (non-hydrogen) atoms. The maximum Gasteiger partial charge on any atom is 0.325 e. The highest BCUT2D eigenvalue weighted by Gasteiger charge is 2.22. The predicted molar refractivity (Wildman–Crippen MR) is 84.3 cm³/mol. The lowest BCUT2D eigenvalue weighted by atomic mass is 10.2. The zero-order valence-corrected chi connectivity index (χ0v) is 12.8. The average Bonchev–Trinajstić information content (AvgIpc) is 2.58. The third-order valence-electron chi connectivity index (χ3n) is 3.25. The van der Waals surface area contributed by atoms with Gasteiger partial charge in [-0.1, -0.05) is 12.1 Å². The molecule has 0 radical (unpaired) electrons. The van der Waals surface area contributed by atoms with Crippen LogP contribution in [0.15, 0.2) is 40.1 Å². The van der Waals surface area contributed by atoms with Crippen LogP contribution >= 0.6 is 0 Å². The number of halogens is 1. The van der Waals surface area contributed by atoms with Gasteiger partial charge in [-0.05, 0) is 17.7 Å². The first-order valence-electron chi connectivity index (χ1n) is 7.16. The molecule has 0 aliphatic carbocycles. The van der Waals surface area contributed by atoms with E-state index in [9.17, 15) is 28.7 Å². The van der Waals surface area contributed by atoms with E-state index in [-0.39, 0.29) is 6.54 Å². The van der Waals surface area contributed by atoms with Crippen molar-refractivity contribution in [1.82, 2.24) is 20.6 Å². The number of aliphatic hydroxyl groups excluding tert-OH is 1. The van der Waals surface area contributed by atoms with E-state index in [1.54, 1.807) is 0 Å². The smallest absolute Gasteiger partial charge is 0.325 e. The monoisotopic (exact) mass is 350 g/mol. The normalized spacial score (nSPS) is 11.6. The van der Waals surface area contributed by atoms with Crippen molar-refractivity contribution in [2.45, 2.75) is 12.6 Å². The van der Waals surface area contributed by atoms with Crippen molar-refractivity contribution >= 4 is 11.8 Å². The van der Waals surface area contributed by atoms with Gasteiger partial charge in [0.2, 0.25) is 5.91 Å². The molecule has 1 atom stereocenters. The molecular weight excluding hydrogens is 335 g/mol. The Morgan fingerprint density at radius 3 is 2.48 bits per heavy atom. The molecule has 2 amide bonds. The lowest BCUT2D eigenvalue weighted by Gasteiger charge is -2.16. The number of hydrogen-bond donors (Lipinski definition) is 5. The summed E-state index contributed by atoms with van der Waals surface area (Å²) in [6.45, 7) is -0.646. The zero-order chi connectivity index (χ0) is 18.4. The molecule has 2 aromatic rings. The van der Waals surface area contributed by atoms with Crippen molar-refractivity contribution < 1.29 is 19.1 Å². The van der Waals surface area contributed by atoms with E-state index < -0.39 is 47.1 Å². The largest absolute Gasteiger partial charge is 0.394 e. The van der Waals surface area contributed by atoms with Gasteiger partial charge in [-0.2, -0.15) is 0 Å². The van der Waals surface area contributed by atoms with Crippen molar-refractivity contribution in [3.05, 3.63) is 68.2 Å². The molecule has 0 aliphatic heterocycles. The Morgan fingerprint density at radius 1 is 1.20 bits per heavy atom. The number of benzene rings is 1. The molecule has 5 N–H and O–H groups in total. The summed E-state index contributed by atoms with van der Waals surface area (Å²) in [4.78, 5) is 50.4. The molecular formula is C15H15FN4O5. The van der Waals surface area contributed by atoms with Gasteiger partial charge in [-0.3, -0.25) is 19.4 Å². The van der Waals surface area contributed by atoms with Crippen LogP contribution in [0.3, 0.4) is 0 Å². The zero-order valence-electron chi connectivity index (χ0n) is 12.8. The summed E-state index contributed by atoms with van der Waals surface area (Å²) >= 11 is 0. The third-order valence-corrected chi connectivity index (χ3v) is 3.25. The van der Waals surface area contributed by atoms with Gasteiger partial charge >= 0.3 is 5.69 Å². The molecule has 0 saturated carbocycles. The first-order valence-corrected chi connectivity index (χ1v) is 7.16. The van der Waals surface area contributed by atoms with Crippen LogP contribution in [-0.2, 0) is 11.3 Å². The van der Waals surface area contributed by atoms with Crippen LogP contribution in [-0.4, -0.2) is 39.5 Å². The third kappa shape index (κ3) is 4.85.